The highest BCUT2D eigenvalue weighted by atomic mass is 16.2. The molecule has 0 aromatic carbocycles. The van der Waals surface area contributed by atoms with E-state index in [9.17, 15) is 4.79 Å². The van der Waals surface area contributed by atoms with Crippen molar-refractivity contribution >= 4 is 5.91 Å². The summed E-state index contributed by atoms with van der Waals surface area (Å²) in [5.41, 5.74) is 0.389. The lowest BCUT2D eigenvalue weighted by atomic mass is 10.2. The summed E-state index contributed by atoms with van der Waals surface area (Å²) in [4.78, 5) is 13.8. The maximum Gasteiger partial charge on any atom is 0.276 e. The van der Waals surface area contributed by atoms with Gasteiger partial charge in [0.1, 0.15) is 0 Å². The predicted octanol–water partition coefficient (Wildman–Crippen LogP) is 0.0188. The summed E-state index contributed by atoms with van der Waals surface area (Å²) in [6, 6.07) is 0.427. The van der Waals surface area contributed by atoms with Crippen molar-refractivity contribution in [3.8, 4) is 0 Å². The normalized spacial score (nSPS) is 19.9. The third-order valence-electron chi connectivity index (χ3n) is 2.91. The van der Waals surface area contributed by atoms with Crippen LogP contribution in [0.2, 0.25) is 0 Å². The monoisotopic (exact) mass is 223 g/mol. The van der Waals surface area contributed by atoms with E-state index in [1.54, 1.807) is 4.90 Å². The number of carbonyl (C=O) groups is 1. The van der Waals surface area contributed by atoms with Gasteiger partial charge < -0.3 is 10.2 Å². The van der Waals surface area contributed by atoms with Gasteiger partial charge in [0.05, 0.1) is 6.20 Å². The third kappa shape index (κ3) is 2.38. The van der Waals surface area contributed by atoms with Crippen LogP contribution in [-0.2, 0) is 0 Å². The number of rotatable bonds is 4. The van der Waals surface area contributed by atoms with Crippen molar-refractivity contribution in [3.63, 3.8) is 0 Å². The maximum atomic E-state index is 12.0. The van der Waals surface area contributed by atoms with E-state index >= 15 is 0 Å². The highest BCUT2D eigenvalue weighted by Crippen LogP contribution is 2.08. The molecule has 1 fully saturated rings. The molecule has 0 saturated carbocycles. The minimum Gasteiger partial charge on any atom is -0.336 e. The largest absolute Gasteiger partial charge is 0.336 e. The molecule has 0 aliphatic carbocycles. The van der Waals surface area contributed by atoms with Gasteiger partial charge in [0.25, 0.3) is 5.91 Å². The van der Waals surface area contributed by atoms with E-state index in [0.717, 1.165) is 19.5 Å². The third-order valence-corrected chi connectivity index (χ3v) is 2.91. The van der Waals surface area contributed by atoms with Gasteiger partial charge in [-0.3, -0.25) is 4.79 Å². The van der Waals surface area contributed by atoms with E-state index in [4.69, 9.17) is 0 Å². The highest BCUT2D eigenvalue weighted by Gasteiger charge is 2.22. The average molecular weight is 223 g/mol. The van der Waals surface area contributed by atoms with Crippen LogP contribution >= 0.6 is 0 Å². The van der Waals surface area contributed by atoms with Gasteiger partial charge in [-0.1, -0.05) is 0 Å². The number of hydrogen-bond acceptors (Lipinski definition) is 4. The molecule has 1 unspecified atom stereocenters. The Morgan fingerprint density at radius 3 is 3.12 bits per heavy atom. The smallest absolute Gasteiger partial charge is 0.276 e. The molecule has 0 radical (unpaired) electrons. The number of aromatic amines is 1. The van der Waals surface area contributed by atoms with Crippen LogP contribution in [0.4, 0.5) is 0 Å². The van der Waals surface area contributed by atoms with Crippen molar-refractivity contribution in [2.45, 2.75) is 25.8 Å². The Morgan fingerprint density at radius 2 is 2.56 bits per heavy atom. The zero-order chi connectivity index (χ0) is 11.4. The van der Waals surface area contributed by atoms with Crippen LogP contribution in [0.25, 0.3) is 0 Å². The van der Waals surface area contributed by atoms with Crippen molar-refractivity contribution in [1.29, 1.82) is 0 Å². The minimum atomic E-state index is -0.0510. The molecule has 2 heterocycles. The Hall–Kier alpha value is -1.43. The first-order valence-electron chi connectivity index (χ1n) is 5.69. The van der Waals surface area contributed by atoms with E-state index < -0.39 is 0 Å². The molecule has 2 rings (SSSR count). The molecular formula is C10H17N5O. The van der Waals surface area contributed by atoms with Gasteiger partial charge in [-0.15, -0.1) is 0 Å². The van der Waals surface area contributed by atoms with E-state index in [1.165, 1.54) is 12.6 Å². The van der Waals surface area contributed by atoms with E-state index in [0.29, 0.717) is 18.3 Å². The zero-order valence-electron chi connectivity index (χ0n) is 9.44. The molecule has 0 spiro atoms. The second-order valence-corrected chi connectivity index (χ2v) is 3.99. The summed E-state index contributed by atoms with van der Waals surface area (Å²) in [6.45, 7) is 4.49. The van der Waals surface area contributed by atoms with Gasteiger partial charge >= 0.3 is 0 Å². The number of nitrogens with one attached hydrogen (secondary N) is 2. The fourth-order valence-corrected chi connectivity index (χ4v) is 2.00. The summed E-state index contributed by atoms with van der Waals surface area (Å²) in [5, 5.41) is 13.3. The van der Waals surface area contributed by atoms with Crippen LogP contribution < -0.4 is 5.32 Å². The molecule has 16 heavy (non-hydrogen) atoms. The van der Waals surface area contributed by atoms with Crippen molar-refractivity contribution < 1.29 is 4.79 Å². The molecule has 1 aliphatic rings. The highest BCUT2D eigenvalue weighted by molar-refractivity contribution is 5.91. The Labute approximate surface area is 94.4 Å². The summed E-state index contributed by atoms with van der Waals surface area (Å²) in [7, 11) is 0. The Bertz CT molecular complexity index is 331. The number of nitrogens with zero attached hydrogens (tertiary/aromatic N) is 3. The lowest BCUT2D eigenvalue weighted by molar-refractivity contribution is 0.0745. The van der Waals surface area contributed by atoms with Crippen LogP contribution in [0.15, 0.2) is 6.20 Å². The number of aromatic nitrogens is 3. The van der Waals surface area contributed by atoms with Crippen LogP contribution in [0, 0.1) is 0 Å². The molecule has 6 heteroatoms. The van der Waals surface area contributed by atoms with Crippen LogP contribution in [0.5, 0.6) is 0 Å². The number of hydrogen-bond donors (Lipinski definition) is 2. The van der Waals surface area contributed by atoms with Gasteiger partial charge in [0.2, 0.25) is 0 Å². The number of likely N-dealkylation sites (N-methyl/N-ethyl adjacent to an activating group) is 1. The molecule has 6 nitrogen and oxygen atoms in total. The fourth-order valence-electron chi connectivity index (χ4n) is 2.00. The van der Waals surface area contributed by atoms with Crippen LogP contribution in [-0.4, -0.2) is 51.9 Å². The second kappa shape index (κ2) is 5.07. The summed E-state index contributed by atoms with van der Waals surface area (Å²) >= 11 is 0. The molecule has 1 aromatic rings. The zero-order valence-corrected chi connectivity index (χ0v) is 9.44. The summed E-state index contributed by atoms with van der Waals surface area (Å²) in [6.07, 6.45) is 3.80. The van der Waals surface area contributed by atoms with Gasteiger partial charge in [-0.05, 0) is 26.3 Å². The predicted molar refractivity (Wildman–Crippen MR) is 59.0 cm³/mol. The van der Waals surface area contributed by atoms with Gasteiger partial charge in [-0.25, -0.2) is 0 Å². The van der Waals surface area contributed by atoms with E-state index in [-0.39, 0.29) is 5.91 Å². The summed E-state index contributed by atoms with van der Waals surface area (Å²) < 4.78 is 0. The van der Waals surface area contributed by atoms with Crippen molar-refractivity contribution in [2.75, 3.05) is 19.6 Å². The molecule has 1 aliphatic heterocycles. The first kappa shape index (κ1) is 11.1. The van der Waals surface area contributed by atoms with E-state index in [1.807, 2.05) is 6.92 Å². The van der Waals surface area contributed by atoms with Crippen molar-refractivity contribution in [1.82, 2.24) is 25.6 Å². The molecule has 1 aromatic heterocycles. The first-order valence-corrected chi connectivity index (χ1v) is 5.69. The van der Waals surface area contributed by atoms with Crippen LogP contribution in [0.3, 0.4) is 0 Å². The van der Waals surface area contributed by atoms with E-state index in [2.05, 4.69) is 20.7 Å². The number of amides is 1. The SMILES string of the molecule is CCN(CC1CCCN1)C(=O)c1cn[nH]n1. The first-order chi connectivity index (χ1) is 7.81. The molecule has 88 valence electrons. The molecule has 2 N–H and O–H groups in total. The molecule has 1 saturated heterocycles. The van der Waals surface area contributed by atoms with Crippen molar-refractivity contribution in [3.05, 3.63) is 11.9 Å². The average Bonchev–Trinajstić information content (AvgIpc) is 2.97. The summed E-state index contributed by atoms with van der Waals surface area (Å²) in [5.74, 6) is -0.0510. The van der Waals surface area contributed by atoms with Gasteiger partial charge in [0, 0.05) is 19.1 Å². The topological polar surface area (TPSA) is 73.9 Å². The van der Waals surface area contributed by atoms with Crippen molar-refractivity contribution in [2.24, 2.45) is 0 Å². The maximum absolute atomic E-state index is 12.0. The van der Waals surface area contributed by atoms with Crippen LogP contribution in [0.1, 0.15) is 30.3 Å². The number of H-pyrrole nitrogens is 1. The molecular weight excluding hydrogens is 206 g/mol. The molecule has 0 bridgehead atoms. The molecule has 1 amide bonds. The van der Waals surface area contributed by atoms with Gasteiger partial charge in [-0.2, -0.15) is 15.4 Å². The molecule has 1 atom stereocenters. The quantitative estimate of drug-likeness (QED) is 0.754. The Balaban J connectivity index is 1.96. The Morgan fingerprint density at radius 1 is 1.69 bits per heavy atom. The lowest BCUT2D eigenvalue weighted by Crippen LogP contribution is -2.41. The Kier molecular flexibility index (Phi) is 3.51. The minimum absolute atomic E-state index is 0.0510. The fraction of sp³-hybridized carbons (Fsp3) is 0.700. The standard InChI is InChI=1S/C10H17N5O/c1-2-15(7-8-4-3-5-11-8)10(16)9-6-12-14-13-9/h6,8,11H,2-5,7H2,1H3,(H,12,13,14). The van der Waals surface area contributed by atoms with Gasteiger partial charge in [0.15, 0.2) is 5.69 Å². The second-order valence-electron chi connectivity index (χ2n) is 3.99. The number of carbonyl (C=O) groups excluding carboxylic acids is 1. The lowest BCUT2D eigenvalue weighted by Gasteiger charge is -2.23.